The maximum absolute atomic E-state index is 11.9. The molecule has 1 atom stereocenters. The Morgan fingerprint density at radius 2 is 2.20 bits per heavy atom. The molecule has 1 aromatic heterocycles. The molecule has 1 unspecified atom stereocenters. The van der Waals surface area contributed by atoms with Gasteiger partial charge in [0.1, 0.15) is 0 Å². The van der Waals surface area contributed by atoms with Crippen LogP contribution in [0.15, 0.2) is 29.3 Å². The van der Waals surface area contributed by atoms with Crippen molar-refractivity contribution in [3.8, 4) is 0 Å². The lowest BCUT2D eigenvalue weighted by Gasteiger charge is -2.04. The summed E-state index contributed by atoms with van der Waals surface area (Å²) in [5.41, 5.74) is 6.74. The third-order valence-corrected chi connectivity index (χ3v) is 4.51. The van der Waals surface area contributed by atoms with Gasteiger partial charge in [-0.1, -0.05) is 37.3 Å². The molecule has 1 saturated carbocycles. The first-order valence-corrected chi connectivity index (χ1v) is 7.28. The first-order chi connectivity index (χ1) is 9.45. The van der Waals surface area contributed by atoms with Crippen LogP contribution in [0.2, 0.25) is 0 Å². The number of hydrogen-bond donors (Lipinski definition) is 2. The molecule has 0 radical (unpaired) electrons. The number of aliphatic imine (C=N–C) groups is 1. The lowest BCUT2D eigenvalue weighted by molar-refractivity contribution is -0.121. The van der Waals surface area contributed by atoms with E-state index in [1.165, 1.54) is 11.3 Å². The Morgan fingerprint density at radius 3 is 2.85 bits per heavy atom. The molecule has 0 spiro atoms. The van der Waals surface area contributed by atoms with Crippen molar-refractivity contribution in [3.05, 3.63) is 24.3 Å². The average Bonchev–Trinajstić information content (AvgIpc) is 2.82. The summed E-state index contributed by atoms with van der Waals surface area (Å²) in [7, 11) is 0. The van der Waals surface area contributed by atoms with Crippen LogP contribution in [0.25, 0.3) is 10.2 Å². The third-order valence-electron chi connectivity index (χ3n) is 3.58. The smallest absolute Gasteiger partial charge is 0.230 e. The van der Waals surface area contributed by atoms with E-state index in [-0.39, 0.29) is 23.2 Å². The van der Waals surface area contributed by atoms with Gasteiger partial charge in [0.25, 0.3) is 0 Å². The number of amides is 1. The minimum Gasteiger partial charge on any atom is -0.369 e. The van der Waals surface area contributed by atoms with Gasteiger partial charge < -0.3 is 5.73 Å². The number of carbonyl (C=O) groups is 1. The van der Waals surface area contributed by atoms with Gasteiger partial charge in [-0.15, -0.1) is 0 Å². The van der Waals surface area contributed by atoms with Gasteiger partial charge in [-0.25, -0.2) is 4.98 Å². The molecule has 0 bridgehead atoms. The van der Waals surface area contributed by atoms with Crippen molar-refractivity contribution in [1.82, 2.24) is 10.3 Å². The highest BCUT2D eigenvalue weighted by molar-refractivity contribution is 7.22. The van der Waals surface area contributed by atoms with Crippen LogP contribution in [0, 0.1) is 11.3 Å². The van der Waals surface area contributed by atoms with E-state index in [4.69, 9.17) is 5.73 Å². The van der Waals surface area contributed by atoms with E-state index in [2.05, 4.69) is 29.1 Å². The number of para-hydroxylation sites is 1. The molecule has 1 heterocycles. The fourth-order valence-electron chi connectivity index (χ4n) is 2.17. The number of nitrogens with zero attached hydrogens (tertiary/aromatic N) is 2. The largest absolute Gasteiger partial charge is 0.369 e. The minimum atomic E-state index is -0.0580. The maximum atomic E-state index is 11.9. The van der Waals surface area contributed by atoms with Crippen LogP contribution in [0.1, 0.15) is 20.3 Å². The highest BCUT2D eigenvalue weighted by atomic mass is 32.1. The molecule has 1 aromatic carbocycles. The summed E-state index contributed by atoms with van der Waals surface area (Å²) in [5.74, 6) is 0.0840. The Balaban J connectivity index is 1.73. The second kappa shape index (κ2) is 4.56. The zero-order valence-corrected chi connectivity index (χ0v) is 12.2. The van der Waals surface area contributed by atoms with Crippen LogP contribution >= 0.6 is 11.3 Å². The zero-order valence-electron chi connectivity index (χ0n) is 11.4. The number of benzene rings is 1. The lowest BCUT2D eigenvalue weighted by Crippen LogP contribution is -2.38. The second-order valence-corrected chi connectivity index (χ2v) is 6.70. The topological polar surface area (TPSA) is 80.4 Å². The fourth-order valence-corrected chi connectivity index (χ4v) is 3.02. The molecule has 6 heteroatoms. The molecule has 1 aliphatic rings. The Labute approximate surface area is 120 Å². The Kier molecular flexibility index (Phi) is 2.97. The van der Waals surface area contributed by atoms with Crippen LogP contribution in [0.5, 0.6) is 0 Å². The lowest BCUT2D eigenvalue weighted by atomic mass is 10.1. The monoisotopic (exact) mass is 288 g/mol. The van der Waals surface area contributed by atoms with Crippen LogP contribution in [0.3, 0.4) is 0 Å². The van der Waals surface area contributed by atoms with Crippen molar-refractivity contribution in [2.45, 2.75) is 20.3 Å². The first kappa shape index (κ1) is 13.1. The van der Waals surface area contributed by atoms with Gasteiger partial charge in [-0.3, -0.25) is 10.1 Å². The number of hydrogen-bond acceptors (Lipinski definition) is 4. The van der Waals surface area contributed by atoms with E-state index in [0.29, 0.717) is 5.13 Å². The molecular formula is C14H16N4OS. The Morgan fingerprint density at radius 1 is 1.50 bits per heavy atom. The predicted molar refractivity (Wildman–Crippen MR) is 80.9 cm³/mol. The highest BCUT2D eigenvalue weighted by Gasteiger charge is 2.50. The Bertz CT molecular complexity index is 671. The van der Waals surface area contributed by atoms with Gasteiger partial charge in [0.15, 0.2) is 0 Å². The molecule has 1 aliphatic carbocycles. The number of thiazole rings is 1. The van der Waals surface area contributed by atoms with E-state index in [1.807, 2.05) is 24.3 Å². The van der Waals surface area contributed by atoms with Gasteiger partial charge >= 0.3 is 0 Å². The number of guanidine groups is 1. The fraction of sp³-hybridized carbons (Fsp3) is 0.357. The SMILES string of the molecule is CC1(C)CC1C(=O)N/C(N)=N/c1nc2ccccc2s1. The van der Waals surface area contributed by atoms with Crippen LogP contribution < -0.4 is 11.1 Å². The number of aromatic nitrogens is 1. The van der Waals surface area contributed by atoms with Gasteiger partial charge in [0, 0.05) is 5.92 Å². The summed E-state index contributed by atoms with van der Waals surface area (Å²) >= 11 is 1.45. The number of fused-ring (bicyclic) bond motifs is 1. The molecule has 1 amide bonds. The van der Waals surface area contributed by atoms with E-state index >= 15 is 0 Å². The van der Waals surface area contributed by atoms with Crippen molar-refractivity contribution >= 4 is 38.6 Å². The molecule has 3 N–H and O–H groups in total. The molecule has 104 valence electrons. The normalized spacial score (nSPS) is 20.9. The molecule has 3 rings (SSSR count). The number of rotatable bonds is 2. The van der Waals surface area contributed by atoms with Crippen molar-refractivity contribution in [1.29, 1.82) is 0 Å². The third kappa shape index (κ3) is 2.51. The average molecular weight is 288 g/mol. The Hall–Kier alpha value is -1.95. The first-order valence-electron chi connectivity index (χ1n) is 6.46. The van der Waals surface area contributed by atoms with Crippen LogP contribution in [-0.4, -0.2) is 16.9 Å². The number of nitrogens with two attached hydrogens (primary N) is 1. The summed E-state index contributed by atoms with van der Waals surface area (Å²) in [4.78, 5) is 20.4. The molecule has 5 nitrogen and oxygen atoms in total. The van der Waals surface area contributed by atoms with Crippen LogP contribution in [0.4, 0.5) is 5.13 Å². The zero-order chi connectivity index (χ0) is 14.3. The summed E-state index contributed by atoms with van der Waals surface area (Å²) in [6.45, 7) is 4.14. The van der Waals surface area contributed by atoms with Crippen molar-refractivity contribution in [3.63, 3.8) is 0 Å². The second-order valence-electron chi connectivity index (χ2n) is 5.70. The number of carbonyl (C=O) groups excluding carboxylic acids is 1. The van der Waals surface area contributed by atoms with Gasteiger partial charge in [-0.2, -0.15) is 4.99 Å². The summed E-state index contributed by atoms with van der Waals surface area (Å²) < 4.78 is 1.05. The molecule has 0 saturated heterocycles. The molecular weight excluding hydrogens is 272 g/mol. The summed E-state index contributed by atoms with van der Waals surface area (Å²) in [5, 5.41) is 3.20. The molecule has 0 aliphatic heterocycles. The van der Waals surface area contributed by atoms with Crippen LogP contribution in [-0.2, 0) is 4.79 Å². The summed E-state index contributed by atoms with van der Waals surface area (Å²) in [6.07, 6.45) is 0.896. The number of nitrogens with one attached hydrogen (secondary N) is 1. The van der Waals surface area contributed by atoms with Crippen molar-refractivity contribution in [2.75, 3.05) is 0 Å². The van der Waals surface area contributed by atoms with E-state index in [9.17, 15) is 4.79 Å². The summed E-state index contributed by atoms with van der Waals surface area (Å²) in [6, 6.07) is 7.78. The minimum absolute atomic E-state index is 0.0339. The van der Waals surface area contributed by atoms with E-state index in [0.717, 1.165) is 16.6 Å². The standard InChI is InChI=1S/C14H16N4OS/c1-14(2)7-8(14)11(19)17-12(15)18-13-16-9-5-3-4-6-10(9)20-13/h3-6,8H,7H2,1-2H3,(H3,15,16,17,18,19). The van der Waals surface area contributed by atoms with Crippen molar-refractivity contribution in [2.24, 2.45) is 22.1 Å². The van der Waals surface area contributed by atoms with E-state index < -0.39 is 0 Å². The maximum Gasteiger partial charge on any atom is 0.230 e. The van der Waals surface area contributed by atoms with E-state index in [1.54, 1.807) is 0 Å². The molecule has 20 heavy (non-hydrogen) atoms. The van der Waals surface area contributed by atoms with Gasteiger partial charge in [0.2, 0.25) is 17.0 Å². The predicted octanol–water partition coefficient (Wildman–Crippen LogP) is 2.40. The highest BCUT2D eigenvalue weighted by Crippen LogP contribution is 2.51. The van der Waals surface area contributed by atoms with Gasteiger partial charge in [0.05, 0.1) is 10.2 Å². The molecule has 1 fully saturated rings. The van der Waals surface area contributed by atoms with Gasteiger partial charge in [-0.05, 0) is 24.0 Å². The van der Waals surface area contributed by atoms with Crippen molar-refractivity contribution < 1.29 is 4.79 Å². The molecule has 2 aromatic rings. The quantitative estimate of drug-likeness (QED) is 0.657.